The summed E-state index contributed by atoms with van der Waals surface area (Å²) in [5.74, 6) is -0.156. The molecule has 74 heavy (non-hydrogen) atoms. The molecule has 6 N–H and O–H groups in total. The fraction of sp³-hybridized carbons (Fsp3) is 0.436. The second-order valence-corrected chi connectivity index (χ2v) is 20.2. The molecule has 0 bridgehead atoms. The van der Waals surface area contributed by atoms with Gasteiger partial charge >= 0.3 is 0 Å². The van der Waals surface area contributed by atoms with E-state index in [1.807, 2.05) is 94.7 Å². The number of anilines is 1. The van der Waals surface area contributed by atoms with Crippen LogP contribution in [0.5, 0.6) is 5.75 Å². The van der Waals surface area contributed by atoms with E-state index in [1.165, 1.54) is 11.2 Å². The summed E-state index contributed by atoms with van der Waals surface area (Å²) in [5.41, 5.74) is 6.71. The quantitative estimate of drug-likeness (QED) is 0.0179. The number of amides is 4. The van der Waals surface area contributed by atoms with Crippen LogP contribution in [-0.4, -0.2) is 125 Å². The van der Waals surface area contributed by atoms with Gasteiger partial charge in [-0.3, -0.25) is 30.0 Å². The van der Waals surface area contributed by atoms with E-state index < -0.39 is 23.4 Å². The zero-order chi connectivity index (χ0) is 53.0. The van der Waals surface area contributed by atoms with Gasteiger partial charge in [-0.05, 0) is 111 Å². The molecule has 3 aromatic carbocycles. The number of likely N-dealkylation sites (tertiary alicyclic amines) is 1. The highest BCUT2D eigenvalue weighted by atomic mass is 32.1. The molecule has 0 radical (unpaired) electrons. The molecule has 5 aromatic rings. The summed E-state index contributed by atoms with van der Waals surface area (Å²) in [6.07, 6.45) is 7.41. The standard InChI is InChI=1S/C55H71N11O7S/c1-37(63-52(68)42-15-10-16-43(30-42)59-33-47(56)65(6)51(57)45-23-24-58-35-61-45)41-14-11-17-44(31-41)73-29-9-7-8-26-71-27-13-28-72-34-48(67)64-50(55(3,4)5)54(70)66-25-12-18-46(66)53(69)60-32-39-19-21-40(22-20-39)49-38(2)62-36-74-49/h10-11,14-17,19-24,30-31,35-37,46,50,56-57,59H,7-9,12-13,18,25-29,32-34H2,1-6H3,(H,60,69)(H,63,68)(H,64,67)/t37-,46-,50+/m0/s1. The van der Waals surface area contributed by atoms with E-state index in [4.69, 9.17) is 25.0 Å². The Morgan fingerprint density at radius 3 is 2.39 bits per heavy atom. The first kappa shape index (κ1) is 56.2. The molecule has 1 fully saturated rings. The Labute approximate surface area is 438 Å². The molecule has 0 aliphatic carbocycles. The van der Waals surface area contributed by atoms with Gasteiger partial charge in [-0.15, -0.1) is 11.3 Å². The Balaban J connectivity index is 0.808. The largest absolute Gasteiger partial charge is 0.494 e. The van der Waals surface area contributed by atoms with Gasteiger partial charge in [-0.1, -0.05) is 63.2 Å². The van der Waals surface area contributed by atoms with Gasteiger partial charge in [0.1, 0.15) is 42.3 Å². The fourth-order valence-electron chi connectivity index (χ4n) is 8.23. The smallest absolute Gasteiger partial charge is 0.251 e. The molecule has 0 unspecified atom stereocenters. The van der Waals surface area contributed by atoms with Gasteiger partial charge in [0.25, 0.3) is 5.91 Å². The van der Waals surface area contributed by atoms with Crippen LogP contribution in [0.3, 0.4) is 0 Å². The lowest BCUT2D eigenvalue weighted by molar-refractivity contribution is -0.144. The summed E-state index contributed by atoms with van der Waals surface area (Å²) in [4.78, 5) is 70.1. The SMILES string of the molecule is Cc1ncsc1-c1ccc(CNC(=O)[C@@H]2CCCN2C(=O)[C@@H](NC(=O)COCCCOCCCCCOc2cccc([C@H](C)NC(=O)c3cccc(NCC(=N)N(C)C(=N)c4ccncn4)c3)c2)C(C)(C)C)cc1. The predicted octanol–water partition coefficient (Wildman–Crippen LogP) is 7.56. The van der Waals surface area contributed by atoms with Crippen LogP contribution in [0.2, 0.25) is 0 Å². The van der Waals surface area contributed by atoms with E-state index in [1.54, 1.807) is 53.7 Å². The second-order valence-electron chi connectivity index (χ2n) is 19.3. The molecule has 18 nitrogen and oxygen atoms in total. The third kappa shape index (κ3) is 16.7. The zero-order valence-corrected chi connectivity index (χ0v) is 44.2. The molecule has 19 heteroatoms. The molecule has 2 aromatic heterocycles. The minimum Gasteiger partial charge on any atom is -0.494 e. The van der Waals surface area contributed by atoms with Crippen molar-refractivity contribution in [1.29, 1.82) is 10.8 Å². The minimum atomic E-state index is -0.832. The number of nitrogens with zero attached hydrogens (tertiary/aromatic N) is 5. The number of nitrogens with one attached hydrogen (secondary N) is 6. The lowest BCUT2D eigenvalue weighted by Crippen LogP contribution is -2.58. The monoisotopic (exact) mass is 1030 g/mol. The van der Waals surface area contributed by atoms with Crippen LogP contribution in [0.1, 0.15) is 105 Å². The normalized spacial score (nSPS) is 14.1. The van der Waals surface area contributed by atoms with Crippen LogP contribution >= 0.6 is 11.3 Å². The Morgan fingerprint density at radius 2 is 1.65 bits per heavy atom. The van der Waals surface area contributed by atoms with E-state index in [2.05, 4.69) is 36.2 Å². The molecule has 4 amide bonds. The summed E-state index contributed by atoms with van der Waals surface area (Å²) in [6, 6.07) is 22.7. The van der Waals surface area contributed by atoms with Gasteiger partial charge in [0, 0.05) is 57.4 Å². The number of rotatable bonds is 26. The van der Waals surface area contributed by atoms with E-state index >= 15 is 0 Å². The van der Waals surface area contributed by atoms with Gasteiger partial charge in [0.05, 0.1) is 35.3 Å². The number of hydrogen-bond donors (Lipinski definition) is 6. The summed E-state index contributed by atoms with van der Waals surface area (Å²) in [5, 5.41) is 28.9. The van der Waals surface area contributed by atoms with Gasteiger partial charge in [0.2, 0.25) is 17.7 Å². The third-order valence-corrected chi connectivity index (χ3v) is 13.5. The minimum absolute atomic E-state index is 0.0783. The number of aryl methyl sites for hydroxylation is 1. The molecule has 1 aliphatic heterocycles. The van der Waals surface area contributed by atoms with Crippen molar-refractivity contribution < 1.29 is 33.4 Å². The first-order valence-electron chi connectivity index (χ1n) is 25.1. The van der Waals surface area contributed by atoms with Crippen LogP contribution in [0, 0.1) is 23.2 Å². The van der Waals surface area contributed by atoms with Gasteiger partial charge in [0.15, 0.2) is 5.84 Å². The number of aromatic nitrogens is 3. The van der Waals surface area contributed by atoms with Crippen LogP contribution < -0.4 is 26.0 Å². The summed E-state index contributed by atoms with van der Waals surface area (Å²) < 4.78 is 17.5. The fourth-order valence-corrected chi connectivity index (χ4v) is 9.04. The van der Waals surface area contributed by atoms with E-state index in [0.717, 1.165) is 52.3 Å². The molecule has 1 aliphatic rings. The topological polar surface area (TPSA) is 237 Å². The molecule has 6 rings (SSSR count). The molecular formula is C55H71N11O7S. The van der Waals surface area contributed by atoms with E-state index in [9.17, 15) is 19.2 Å². The predicted molar refractivity (Wildman–Crippen MR) is 287 cm³/mol. The highest BCUT2D eigenvalue weighted by Gasteiger charge is 2.42. The summed E-state index contributed by atoms with van der Waals surface area (Å²) in [7, 11) is 1.63. The van der Waals surface area contributed by atoms with Crippen LogP contribution in [-0.2, 0) is 30.4 Å². The molecule has 0 saturated carbocycles. The highest BCUT2D eigenvalue weighted by Crippen LogP contribution is 2.29. The van der Waals surface area contributed by atoms with Gasteiger partial charge in [-0.2, -0.15) is 0 Å². The van der Waals surface area contributed by atoms with Crippen molar-refractivity contribution in [2.75, 3.05) is 58.5 Å². The van der Waals surface area contributed by atoms with Gasteiger partial charge in [-0.25, -0.2) is 15.0 Å². The number of amidine groups is 2. The lowest BCUT2D eigenvalue weighted by atomic mass is 9.85. The molecule has 0 spiro atoms. The molecule has 3 heterocycles. The molecular weight excluding hydrogens is 959 g/mol. The maximum Gasteiger partial charge on any atom is 0.251 e. The maximum atomic E-state index is 13.9. The third-order valence-electron chi connectivity index (χ3n) is 12.6. The van der Waals surface area contributed by atoms with E-state index in [-0.39, 0.29) is 48.6 Å². The van der Waals surface area contributed by atoms with Crippen molar-refractivity contribution in [3.05, 3.63) is 125 Å². The average Bonchev–Trinajstić information content (AvgIpc) is 4.08. The number of hydrogen-bond acceptors (Lipinski definition) is 14. The van der Waals surface area contributed by atoms with Crippen LogP contribution in [0.15, 0.2) is 96.9 Å². The second kappa shape index (κ2) is 27.8. The highest BCUT2D eigenvalue weighted by molar-refractivity contribution is 7.13. The lowest BCUT2D eigenvalue weighted by Gasteiger charge is -2.35. The van der Waals surface area contributed by atoms with Crippen LogP contribution in [0.25, 0.3) is 10.4 Å². The van der Waals surface area contributed by atoms with E-state index in [0.29, 0.717) is 75.7 Å². The van der Waals surface area contributed by atoms with Crippen LogP contribution in [0.4, 0.5) is 5.69 Å². The number of likely N-dealkylation sites (N-methyl/N-ethyl adjacent to an activating group) is 1. The Bertz CT molecular complexity index is 2660. The summed E-state index contributed by atoms with van der Waals surface area (Å²) >= 11 is 1.59. The number of carbonyl (C=O) groups excluding carboxylic acids is 4. The van der Waals surface area contributed by atoms with Crippen molar-refractivity contribution in [1.82, 2.24) is 40.7 Å². The van der Waals surface area contributed by atoms with Crippen molar-refractivity contribution in [3.8, 4) is 16.2 Å². The number of benzene rings is 3. The van der Waals surface area contributed by atoms with Crippen molar-refractivity contribution in [2.24, 2.45) is 5.41 Å². The van der Waals surface area contributed by atoms with Crippen molar-refractivity contribution in [2.45, 2.75) is 97.8 Å². The number of thiazole rings is 1. The first-order valence-corrected chi connectivity index (χ1v) is 26.0. The maximum absolute atomic E-state index is 13.9. The van der Waals surface area contributed by atoms with Crippen molar-refractivity contribution >= 4 is 52.3 Å². The number of ether oxygens (including phenoxy) is 3. The Morgan fingerprint density at radius 1 is 0.892 bits per heavy atom. The first-order chi connectivity index (χ1) is 35.6. The molecule has 3 atom stereocenters. The summed E-state index contributed by atoms with van der Waals surface area (Å²) in [6.45, 7) is 12.3. The van der Waals surface area contributed by atoms with Gasteiger partial charge < -0.3 is 45.3 Å². The Hall–Kier alpha value is -7.09. The molecule has 394 valence electrons. The number of carbonyl (C=O) groups is 4. The average molecular weight is 1030 g/mol. The zero-order valence-electron chi connectivity index (χ0n) is 43.4. The number of unbranched alkanes of at least 4 members (excludes halogenated alkanes) is 2. The Kier molecular flexibility index (Phi) is 21.1. The molecule has 1 saturated heterocycles. The van der Waals surface area contributed by atoms with Crippen molar-refractivity contribution in [3.63, 3.8) is 0 Å².